The van der Waals surface area contributed by atoms with Gasteiger partial charge in [0.1, 0.15) is 6.61 Å². The van der Waals surface area contributed by atoms with Gasteiger partial charge in [0.15, 0.2) is 11.6 Å². The molecule has 2 aliphatic rings. The summed E-state index contributed by atoms with van der Waals surface area (Å²) in [6.07, 6.45) is -5.42. The third-order valence-electron chi connectivity index (χ3n) is 5.53. The lowest BCUT2D eigenvalue weighted by molar-refractivity contribution is -0.275. The molecule has 0 bridgehead atoms. The number of ether oxygens (including phenoxy) is 2. The Morgan fingerprint density at radius 3 is 2.55 bits per heavy atom. The van der Waals surface area contributed by atoms with E-state index in [4.69, 9.17) is 4.74 Å². The summed E-state index contributed by atoms with van der Waals surface area (Å²) in [5.41, 5.74) is 1.44. The number of halogens is 4. The van der Waals surface area contributed by atoms with Crippen LogP contribution in [0.15, 0.2) is 48.5 Å². The van der Waals surface area contributed by atoms with E-state index in [1.165, 1.54) is 6.07 Å². The highest BCUT2D eigenvalue weighted by atomic mass is 19.4. The summed E-state index contributed by atoms with van der Waals surface area (Å²) >= 11 is 0. The van der Waals surface area contributed by atoms with Crippen LogP contribution in [-0.2, 0) is 11.3 Å². The number of nitrogens with zero attached hydrogens (tertiary/aromatic N) is 2. The highest BCUT2D eigenvalue weighted by Crippen LogP contribution is 2.29. The van der Waals surface area contributed by atoms with Crippen LogP contribution in [0.25, 0.3) is 0 Å². The first-order valence-corrected chi connectivity index (χ1v) is 10.5. The molecule has 1 amide bonds. The lowest BCUT2D eigenvalue weighted by Gasteiger charge is -2.48. The van der Waals surface area contributed by atoms with Crippen molar-refractivity contribution < 1.29 is 31.8 Å². The summed E-state index contributed by atoms with van der Waals surface area (Å²) < 4.78 is 60.0. The van der Waals surface area contributed by atoms with E-state index in [1.54, 1.807) is 0 Å². The van der Waals surface area contributed by atoms with E-state index in [1.807, 2.05) is 30.3 Å². The zero-order valence-electron chi connectivity index (χ0n) is 17.6. The van der Waals surface area contributed by atoms with E-state index in [0.717, 1.165) is 24.2 Å². The van der Waals surface area contributed by atoms with Crippen molar-refractivity contribution in [3.05, 3.63) is 65.5 Å². The number of hydrogen-bond donors (Lipinski definition) is 2. The molecule has 1 unspecified atom stereocenters. The first-order valence-electron chi connectivity index (χ1n) is 10.5. The average Bonchev–Trinajstić information content (AvgIpc) is 2.76. The van der Waals surface area contributed by atoms with Gasteiger partial charge in [-0.2, -0.15) is 0 Å². The SMILES string of the molecule is O=C(NC1CN(N2CCNC(c3ccc(OC(F)(F)F)c(F)c3)C2)C1)OCc1ccccc1. The summed E-state index contributed by atoms with van der Waals surface area (Å²) in [5.74, 6) is -1.92. The molecule has 0 saturated carbocycles. The number of hydrogen-bond acceptors (Lipinski definition) is 6. The second-order valence-corrected chi connectivity index (χ2v) is 7.93. The van der Waals surface area contributed by atoms with Crippen LogP contribution < -0.4 is 15.4 Å². The second-order valence-electron chi connectivity index (χ2n) is 7.93. The molecule has 0 radical (unpaired) electrons. The molecule has 0 aliphatic carbocycles. The number of hydrazine groups is 1. The molecule has 2 saturated heterocycles. The largest absolute Gasteiger partial charge is 0.573 e. The molecule has 7 nitrogen and oxygen atoms in total. The first-order chi connectivity index (χ1) is 15.8. The van der Waals surface area contributed by atoms with Gasteiger partial charge in [0, 0.05) is 38.8 Å². The predicted molar refractivity (Wildman–Crippen MR) is 111 cm³/mol. The third-order valence-corrected chi connectivity index (χ3v) is 5.53. The van der Waals surface area contributed by atoms with Crippen LogP contribution in [0.5, 0.6) is 5.75 Å². The normalized spacial score (nSPS) is 20.2. The summed E-state index contributed by atoms with van der Waals surface area (Å²) in [5, 5.41) is 10.2. The van der Waals surface area contributed by atoms with E-state index in [9.17, 15) is 22.4 Å². The fourth-order valence-corrected chi connectivity index (χ4v) is 3.86. The van der Waals surface area contributed by atoms with Gasteiger partial charge in [-0.3, -0.25) is 0 Å². The Labute approximate surface area is 188 Å². The molecule has 2 aromatic rings. The summed E-state index contributed by atoms with van der Waals surface area (Å²) in [4.78, 5) is 12.0. The molecule has 2 aromatic carbocycles. The number of rotatable bonds is 6. The number of nitrogens with one attached hydrogen (secondary N) is 2. The van der Waals surface area contributed by atoms with E-state index in [2.05, 4.69) is 25.4 Å². The van der Waals surface area contributed by atoms with Crippen LogP contribution in [0.3, 0.4) is 0 Å². The first kappa shape index (κ1) is 23.3. The van der Waals surface area contributed by atoms with Crippen molar-refractivity contribution in [1.29, 1.82) is 0 Å². The molecule has 2 heterocycles. The van der Waals surface area contributed by atoms with Crippen LogP contribution in [0, 0.1) is 5.82 Å². The molecular weight excluding hydrogens is 444 g/mol. The Morgan fingerprint density at radius 2 is 1.85 bits per heavy atom. The van der Waals surface area contributed by atoms with Gasteiger partial charge in [0.2, 0.25) is 0 Å². The molecule has 2 fully saturated rings. The van der Waals surface area contributed by atoms with Gasteiger partial charge in [0.05, 0.1) is 6.04 Å². The number of alkyl carbamates (subject to hydrolysis) is 1. The Morgan fingerprint density at radius 1 is 1.09 bits per heavy atom. The van der Waals surface area contributed by atoms with Crippen molar-refractivity contribution in [2.24, 2.45) is 0 Å². The number of amides is 1. The van der Waals surface area contributed by atoms with Gasteiger partial charge < -0.3 is 20.1 Å². The maximum absolute atomic E-state index is 14.1. The fourth-order valence-electron chi connectivity index (χ4n) is 3.86. The number of piperazine rings is 1. The number of benzene rings is 2. The molecule has 1 atom stereocenters. The minimum absolute atomic E-state index is 0.0437. The monoisotopic (exact) mass is 468 g/mol. The lowest BCUT2D eigenvalue weighted by Crippen LogP contribution is -2.67. The summed E-state index contributed by atoms with van der Waals surface area (Å²) in [6, 6.07) is 12.6. The van der Waals surface area contributed by atoms with Gasteiger partial charge in [-0.15, -0.1) is 13.2 Å². The molecule has 2 aliphatic heterocycles. The number of alkyl halides is 3. The van der Waals surface area contributed by atoms with Crippen molar-refractivity contribution in [3.63, 3.8) is 0 Å². The molecule has 178 valence electrons. The quantitative estimate of drug-likeness (QED) is 0.635. The Hall–Kier alpha value is -2.89. The third kappa shape index (κ3) is 6.34. The highest BCUT2D eigenvalue weighted by Gasteiger charge is 2.36. The lowest BCUT2D eigenvalue weighted by atomic mass is 10.0. The van der Waals surface area contributed by atoms with Crippen molar-refractivity contribution in [2.45, 2.75) is 25.1 Å². The van der Waals surface area contributed by atoms with Crippen LogP contribution in [0.1, 0.15) is 17.2 Å². The van der Waals surface area contributed by atoms with E-state index in [-0.39, 0.29) is 18.7 Å². The van der Waals surface area contributed by atoms with E-state index >= 15 is 0 Å². The maximum atomic E-state index is 14.1. The minimum atomic E-state index is -4.95. The van der Waals surface area contributed by atoms with Crippen molar-refractivity contribution in [2.75, 3.05) is 32.7 Å². The summed E-state index contributed by atoms with van der Waals surface area (Å²) in [7, 11) is 0. The maximum Gasteiger partial charge on any atom is 0.573 e. The van der Waals surface area contributed by atoms with Crippen LogP contribution in [-0.4, -0.2) is 61.2 Å². The van der Waals surface area contributed by atoms with E-state index in [0.29, 0.717) is 31.7 Å². The Kier molecular flexibility index (Phi) is 7.01. The van der Waals surface area contributed by atoms with Gasteiger partial charge in [-0.05, 0) is 23.3 Å². The van der Waals surface area contributed by atoms with Crippen LogP contribution in [0.4, 0.5) is 22.4 Å². The van der Waals surface area contributed by atoms with Gasteiger partial charge in [0.25, 0.3) is 0 Å². The zero-order chi connectivity index (χ0) is 23.4. The number of carbonyl (C=O) groups is 1. The predicted octanol–water partition coefficient (Wildman–Crippen LogP) is 3.20. The molecule has 4 rings (SSSR count). The minimum Gasteiger partial charge on any atom is -0.445 e. The smallest absolute Gasteiger partial charge is 0.445 e. The van der Waals surface area contributed by atoms with Crippen LogP contribution >= 0.6 is 0 Å². The standard InChI is InChI=1S/C22H24F4N4O3/c23-18-10-16(6-7-20(18)33-22(24,25)26)19-13-29(9-8-27-19)30-11-17(12-30)28-21(31)32-14-15-4-2-1-3-5-15/h1-7,10,17,19,27H,8-9,11-14H2,(H,28,31). The zero-order valence-corrected chi connectivity index (χ0v) is 17.6. The Balaban J connectivity index is 1.23. The average molecular weight is 468 g/mol. The molecule has 0 aromatic heterocycles. The molecule has 11 heteroatoms. The van der Waals surface area contributed by atoms with E-state index < -0.39 is 24.0 Å². The summed E-state index contributed by atoms with van der Waals surface area (Å²) in [6.45, 7) is 3.29. The topological polar surface area (TPSA) is 66.1 Å². The molecule has 2 N–H and O–H groups in total. The van der Waals surface area contributed by atoms with Gasteiger partial charge >= 0.3 is 12.5 Å². The molecular formula is C22H24F4N4O3. The van der Waals surface area contributed by atoms with Crippen molar-refractivity contribution in [3.8, 4) is 5.75 Å². The van der Waals surface area contributed by atoms with Crippen molar-refractivity contribution >= 4 is 6.09 Å². The highest BCUT2D eigenvalue weighted by molar-refractivity contribution is 5.67. The van der Waals surface area contributed by atoms with Gasteiger partial charge in [-0.25, -0.2) is 19.2 Å². The number of carbonyl (C=O) groups excluding carboxylic acids is 1. The molecule has 0 spiro atoms. The molecule has 33 heavy (non-hydrogen) atoms. The van der Waals surface area contributed by atoms with Crippen molar-refractivity contribution in [1.82, 2.24) is 20.7 Å². The second kappa shape index (κ2) is 9.94. The van der Waals surface area contributed by atoms with Gasteiger partial charge in [-0.1, -0.05) is 36.4 Å². The Bertz CT molecular complexity index is 954. The fraction of sp³-hybridized carbons (Fsp3) is 0.409. The van der Waals surface area contributed by atoms with Crippen LogP contribution in [0.2, 0.25) is 0 Å².